The Bertz CT molecular complexity index is 398. The number of methoxy groups -OCH3 is 1. The summed E-state index contributed by atoms with van der Waals surface area (Å²) in [6.07, 6.45) is 1.36. The van der Waals surface area contributed by atoms with Gasteiger partial charge in [-0.3, -0.25) is 4.79 Å². The van der Waals surface area contributed by atoms with Crippen molar-refractivity contribution in [1.82, 2.24) is 0 Å². The highest BCUT2D eigenvalue weighted by Gasteiger charge is 2.16. The van der Waals surface area contributed by atoms with Crippen LogP contribution in [0.25, 0.3) is 0 Å². The van der Waals surface area contributed by atoms with Gasteiger partial charge in [-0.05, 0) is 29.5 Å². The molecule has 16 heavy (non-hydrogen) atoms. The first-order chi connectivity index (χ1) is 7.69. The summed E-state index contributed by atoms with van der Waals surface area (Å²) in [5.41, 5.74) is 2.17. The Kier molecular flexibility index (Phi) is 3.13. The van der Waals surface area contributed by atoms with Crippen molar-refractivity contribution in [3.8, 4) is 5.75 Å². The van der Waals surface area contributed by atoms with Gasteiger partial charge in [0.1, 0.15) is 5.75 Å². The van der Waals surface area contributed by atoms with E-state index in [2.05, 4.69) is 11.7 Å². The fraction of sp³-hybridized carbons (Fsp3) is 0.462. The van der Waals surface area contributed by atoms with E-state index in [0.29, 0.717) is 12.3 Å². The number of esters is 1. The van der Waals surface area contributed by atoms with E-state index in [1.807, 2.05) is 18.2 Å². The lowest BCUT2D eigenvalue weighted by atomic mass is 9.97. The van der Waals surface area contributed by atoms with Crippen molar-refractivity contribution in [3.05, 3.63) is 29.3 Å². The van der Waals surface area contributed by atoms with Crippen molar-refractivity contribution in [2.24, 2.45) is 5.92 Å². The summed E-state index contributed by atoms with van der Waals surface area (Å²) in [4.78, 5) is 11.1. The molecule has 0 radical (unpaired) electrons. The Balaban J connectivity index is 2.16. The minimum absolute atomic E-state index is 0.218. The van der Waals surface area contributed by atoms with E-state index < -0.39 is 0 Å². The van der Waals surface area contributed by atoms with Crippen LogP contribution < -0.4 is 4.74 Å². The van der Waals surface area contributed by atoms with Crippen LogP contribution in [0, 0.1) is 5.92 Å². The van der Waals surface area contributed by atoms with Crippen molar-refractivity contribution >= 4 is 5.97 Å². The molecule has 3 nitrogen and oxygen atoms in total. The van der Waals surface area contributed by atoms with E-state index in [1.54, 1.807) is 0 Å². The first-order valence-electron chi connectivity index (χ1n) is 5.50. The number of carbonyl (C=O) groups is 1. The zero-order valence-electron chi connectivity index (χ0n) is 9.66. The average molecular weight is 220 g/mol. The summed E-state index contributed by atoms with van der Waals surface area (Å²) in [6.45, 7) is 2.93. The van der Waals surface area contributed by atoms with Gasteiger partial charge in [-0.1, -0.05) is 19.1 Å². The van der Waals surface area contributed by atoms with E-state index in [4.69, 9.17) is 4.74 Å². The molecule has 0 spiro atoms. The maximum absolute atomic E-state index is 11.1. The molecule has 86 valence electrons. The number of fused-ring (bicyclic) bond motifs is 1. The van der Waals surface area contributed by atoms with E-state index in [1.165, 1.54) is 12.7 Å². The highest BCUT2D eigenvalue weighted by molar-refractivity contribution is 5.72. The van der Waals surface area contributed by atoms with Crippen molar-refractivity contribution in [2.45, 2.75) is 19.8 Å². The van der Waals surface area contributed by atoms with Crippen LogP contribution in [0.5, 0.6) is 5.75 Å². The van der Waals surface area contributed by atoms with Gasteiger partial charge >= 0.3 is 5.97 Å². The summed E-state index contributed by atoms with van der Waals surface area (Å²) in [6, 6.07) is 5.96. The predicted molar refractivity (Wildman–Crippen MR) is 60.5 cm³/mol. The Labute approximate surface area is 95.4 Å². The van der Waals surface area contributed by atoms with E-state index in [0.717, 1.165) is 24.3 Å². The van der Waals surface area contributed by atoms with E-state index in [-0.39, 0.29) is 5.97 Å². The molecular weight excluding hydrogens is 204 g/mol. The molecular formula is C13H16O3. The second kappa shape index (κ2) is 4.56. The maximum atomic E-state index is 11.1. The number of hydrogen-bond donors (Lipinski definition) is 0. The lowest BCUT2D eigenvalue weighted by molar-refractivity contribution is -0.139. The molecule has 1 atom stereocenters. The molecule has 1 aliphatic heterocycles. The van der Waals surface area contributed by atoms with Gasteiger partial charge in [-0.2, -0.15) is 0 Å². The number of carbonyl (C=O) groups excluding carboxylic acids is 1. The van der Waals surface area contributed by atoms with Gasteiger partial charge in [0.2, 0.25) is 0 Å². The Hall–Kier alpha value is -1.51. The zero-order chi connectivity index (χ0) is 11.5. The molecule has 1 aromatic carbocycles. The first-order valence-corrected chi connectivity index (χ1v) is 5.50. The highest BCUT2D eigenvalue weighted by Crippen LogP contribution is 2.28. The SMILES string of the molecule is COC(=O)Cc1ccc2c(c1)OCC(C)C2. The predicted octanol–water partition coefficient (Wildman–Crippen LogP) is 1.97. The largest absolute Gasteiger partial charge is 0.493 e. The van der Waals surface area contributed by atoms with Crippen LogP contribution >= 0.6 is 0 Å². The third-order valence-corrected chi connectivity index (χ3v) is 2.80. The molecule has 0 fully saturated rings. The summed E-state index contributed by atoms with van der Waals surface area (Å²) in [7, 11) is 1.40. The Morgan fingerprint density at radius 1 is 1.56 bits per heavy atom. The van der Waals surface area contributed by atoms with Gasteiger partial charge in [-0.15, -0.1) is 0 Å². The molecule has 0 bridgehead atoms. The molecule has 0 N–H and O–H groups in total. The lowest BCUT2D eigenvalue weighted by Gasteiger charge is -2.22. The van der Waals surface area contributed by atoms with Crippen LogP contribution in [-0.2, 0) is 22.4 Å². The lowest BCUT2D eigenvalue weighted by Crippen LogP contribution is -2.18. The standard InChI is InChI=1S/C13H16O3/c1-9-5-11-4-3-10(7-13(14)15-2)6-12(11)16-8-9/h3-4,6,9H,5,7-8H2,1-2H3. The smallest absolute Gasteiger partial charge is 0.309 e. The van der Waals surface area contributed by atoms with Gasteiger partial charge in [0.15, 0.2) is 0 Å². The summed E-state index contributed by atoms with van der Waals surface area (Å²) < 4.78 is 10.3. The normalized spacial score (nSPS) is 18.5. The monoisotopic (exact) mass is 220 g/mol. The van der Waals surface area contributed by atoms with Crippen LogP contribution in [0.4, 0.5) is 0 Å². The van der Waals surface area contributed by atoms with Crippen LogP contribution in [0.3, 0.4) is 0 Å². The summed E-state index contributed by atoms with van der Waals surface area (Å²) in [5.74, 6) is 1.27. The van der Waals surface area contributed by atoms with Crippen LogP contribution in [0.15, 0.2) is 18.2 Å². The summed E-state index contributed by atoms with van der Waals surface area (Å²) >= 11 is 0. The third kappa shape index (κ3) is 2.35. The number of rotatable bonds is 2. The van der Waals surface area contributed by atoms with Gasteiger partial charge in [-0.25, -0.2) is 0 Å². The van der Waals surface area contributed by atoms with Crippen LogP contribution in [0.2, 0.25) is 0 Å². The number of hydrogen-bond acceptors (Lipinski definition) is 3. The van der Waals surface area contributed by atoms with Gasteiger partial charge in [0, 0.05) is 0 Å². The number of ether oxygens (including phenoxy) is 2. The molecule has 2 rings (SSSR count). The quantitative estimate of drug-likeness (QED) is 0.715. The third-order valence-electron chi connectivity index (χ3n) is 2.80. The van der Waals surface area contributed by atoms with Crippen LogP contribution in [0.1, 0.15) is 18.1 Å². The molecule has 1 aliphatic rings. The minimum atomic E-state index is -0.218. The Morgan fingerprint density at radius 3 is 3.12 bits per heavy atom. The van der Waals surface area contributed by atoms with Crippen molar-refractivity contribution < 1.29 is 14.3 Å². The van der Waals surface area contributed by atoms with Crippen LogP contribution in [-0.4, -0.2) is 19.7 Å². The van der Waals surface area contributed by atoms with Gasteiger partial charge in [0.25, 0.3) is 0 Å². The second-order valence-electron chi connectivity index (χ2n) is 4.32. The van der Waals surface area contributed by atoms with Crippen molar-refractivity contribution in [2.75, 3.05) is 13.7 Å². The van der Waals surface area contributed by atoms with Crippen molar-refractivity contribution in [3.63, 3.8) is 0 Å². The fourth-order valence-electron chi connectivity index (χ4n) is 1.92. The molecule has 1 unspecified atom stereocenters. The average Bonchev–Trinajstić information content (AvgIpc) is 2.29. The topological polar surface area (TPSA) is 35.5 Å². The Morgan fingerprint density at radius 2 is 2.38 bits per heavy atom. The molecule has 0 amide bonds. The molecule has 0 aromatic heterocycles. The number of benzene rings is 1. The highest BCUT2D eigenvalue weighted by atomic mass is 16.5. The molecule has 1 heterocycles. The van der Waals surface area contributed by atoms with E-state index >= 15 is 0 Å². The molecule has 0 saturated heterocycles. The van der Waals surface area contributed by atoms with Gasteiger partial charge < -0.3 is 9.47 Å². The maximum Gasteiger partial charge on any atom is 0.309 e. The molecule has 0 aliphatic carbocycles. The minimum Gasteiger partial charge on any atom is -0.493 e. The molecule has 0 saturated carbocycles. The fourth-order valence-corrected chi connectivity index (χ4v) is 1.92. The molecule has 3 heteroatoms. The second-order valence-corrected chi connectivity index (χ2v) is 4.32. The van der Waals surface area contributed by atoms with E-state index in [9.17, 15) is 4.79 Å². The molecule has 1 aromatic rings. The van der Waals surface area contributed by atoms with Crippen molar-refractivity contribution in [1.29, 1.82) is 0 Å². The van der Waals surface area contributed by atoms with Gasteiger partial charge in [0.05, 0.1) is 20.1 Å². The zero-order valence-corrected chi connectivity index (χ0v) is 9.66. The first kappa shape index (κ1) is 11.0. The summed E-state index contributed by atoms with van der Waals surface area (Å²) in [5, 5.41) is 0.